The second kappa shape index (κ2) is 12.9. The van der Waals surface area contributed by atoms with Crippen molar-refractivity contribution in [3.8, 4) is 0 Å². The zero-order valence-corrected chi connectivity index (χ0v) is 21.8. The lowest BCUT2D eigenvalue weighted by Gasteiger charge is -2.33. The first-order valence-electron chi connectivity index (χ1n) is 11.1. The summed E-state index contributed by atoms with van der Waals surface area (Å²) >= 11 is 0. The van der Waals surface area contributed by atoms with Crippen molar-refractivity contribution in [1.82, 2.24) is 24.8 Å². The Kier molecular flexibility index (Phi) is 10.9. The summed E-state index contributed by atoms with van der Waals surface area (Å²) in [7, 11) is -3.07. The van der Waals surface area contributed by atoms with Crippen molar-refractivity contribution in [2.75, 3.05) is 45.5 Å². The highest BCUT2D eigenvalue weighted by molar-refractivity contribution is 14.0. The number of hydrogen-bond donors (Lipinski definition) is 2. The number of guanidine groups is 1. The molecule has 31 heavy (non-hydrogen) atoms. The van der Waals surface area contributed by atoms with Crippen molar-refractivity contribution in [3.05, 3.63) is 30.1 Å². The number of sulfonamides is 1. The fourth-order valence-corrected chi connectivity index (χ4v) is 4.99. The molecule has 2 fully saturated rings. The molecule has 8 nitrogen and oxygen atoms in total. The summed E-state index contributed by atoms with van der Waals surface area (Å²) < 4.78 is 24.9. The fraction of sp³-hybridized carbons (Fsp3) is 0.714. The van der Waals surface area contributed by atoms with Crippen LogP contribution in [-0.2, 0) is 16.6 Å². The number of rotatable bonds is 7. The van der Waals surface area contributed by atoms with Gasteiger partial charge in [0.25, 0.3) is 0 Å². The van der Waals surface area contributed by atoms with Gasteiger partial charge < -0.3 is 10.6 Å². The summed E-state index contributed by atoms with van der Waals surface area (Å²) in [5, 5.41) is 6.97. The molecule has 1 aromatic rings. The van der Waals surface area contributed by atoms with Gasteiger partial charge in [0.2, 0.25) is 10.0 Å². The molecule has 0 radical (unpaired) electrons. The number of aliphatic imine (C=N–C) groups is 1. The third kappa shape index (κ3) is 8.82. The van der Waals surface area contributed by atoms with E-state index in [2.05, 4.69) is 33.5 Å². The molecule has 0 unspecified atom stereocenters. The molecule has 0 aliphatic carbocycles. The molecular weight excluding hydrogens is 527 g/mol. The molecule has 3 rings (SSSR count). The molecule has 0 spiro atoms. The highest BCUT2D eigenvalue weighted by Crippen LogP contribution is 2.19. The van der Waals surface area contributed by atoms with Gasteiger partial charge >= 0.3 is 0 Å². The average molecular weight is 565 g/mol. The van der Waals surface area contributed by atoms with Crippen molar-refractivity contribution in [3.63, 3.8) is 0 Å². The summed E-state index contributed by atoms with van der Waals surface area (Å²) in [5.74, 6) is 1.32. The molecule has 2 saturated heterocycles. The Balaban J connectivity index is 0.00000341. The predicted molar refractivity (Wildman–Crippen MR) is 136 cm³/mol. The molecule has 0 saturated carbocycles. The first-order chi connectivity index (χ1) is 14.4. The smallest absolute Gasteiger partial charge is 0.211 e. The Morgan fingerprint density at radius 3 is 2.45 bits per heavy atom. The Bertz CT molecular complexity index is 776. The zero-order chi connectivity index (χ0) is 21.4. The van der Waals surface area contributed by atoms with Crippen LogP contribution < -0.4 is 10.6 Å². The molecule has 0 bridgehead atoms. The minimum absolute atomic E-state index is 0. The molecular formula is C21H37IN6O2S. The molecule has 3 heterocycles. The van der Waals surface area contributed by atoms with E-state index in [1.165, 1.54) is 6.26 Å². The summed E-state index contributed by atoms with van der Waals surface area (Å²) in [5.41, 5.74) is 1.13. The number of nitrogens with zero attached hydrogens (tertiary/aromatic N) is 4. The molecule has 2 N–H and O–H groups in total. The predicted octanol–water partition coefficient (Wildman–Crippen LogP) is 1.89. The molecule has 176 valence electrons. The van der Waals surface area contributed by atoms with E-state index in [0.717, 1.165) is 70.1 Å². The Morgan fingerprint density at radius 2 is 1.87 bits per heavy atom. The second-order valence-corrected chi connectivity index (χ2v) is 10.3. The lowest BCUT2D eigenvalue weighted by Crippen LogP contribution is -2.48. The maximum Gasteiger partial charge on any atom is 0.211 e. The standard InChI is InChI=1S/C21H36N6O2S.HI/c1-3-22-21(24-16-18-7-14-27(15-8-18)30(2,28)29)25-19-9-12-26(13-10-19)17-20-6-4-5-11-23-20;/h4-6,11,18-19H,3,7-10,12-17H2,1-2H3,(H2,22,24,25);1H. The normalized spacial score (nSPS) is 20.3. The third-order valence-corrected chi connectivity index (χ3v) is 7.24. The van der Waals surface area contributed by atoms with Gasteiger partial charge in [-0.3, -0.25) is 14.9 Å². The van der Waals surface area contributed by atoms with Gasteiger partial charge in [0, 0.05) is 58.1 Å². The van der Waals surface area contributed by atoms with Gasteiger partial charge in [-0.05, 0) is 50.7 Å². The SMILES string of the molecule is CCNC(=NCC1CCN(S(C)(=O)=O)CC1)NC1CCN(Cc2ccccn2)CC1.I. The van der Waals surface area contributed by atoms with Crippen molar-refractivity contribution >= 4 is 40.0 Å². The first-order valence-corrected chi connectivity index (χ1v) is 12.9. The summed E-state index contributed by atoms with van der Waals surface area (Å²) in [6.45, 7) is 7.89. The molecule has 0 atom stereocenters. The first kappa shape index (κ1) is 26.3. The van der Waals surface area contributed by atoms with Crippen LogP contribution in [0.5, 0.6) is 0 Å². The second-order valence-electron chi connectivity index (χ2n) is 8.34. The van der Waals surface area contributed by atoms with Crippen LogP contribution in [0.15, 0.2) is 29.4 Å². The van der Waals surface area contributed by atoms with Crippen LogP contribution in [0.3, 0.4) is 0 Å². The van der Waals surface area contributed by atoms with Crippen molar-refractivity contribution in [2.45, 2.75) is 45.2 Å². The maximum absolute atomic E-state index is 11.7. The molecule has 10 heteroatoms. The molecule has 2 aliphatic rings. The summed E-state index contributed by atoms with van der Waals surface area (Å²) in [6, 6.07) is 6.51. The van der Waals surface area contributed by atoms with Gasteiger partial charge in [0.05, 0.1) is 11.9 Å². The van der Waals surface area contributed by atoms with E-state index in [0.29, 0.717) is 25.0 Å². The van der Waals surface area contributed by atoms with Gasteiger partial charge in [-0.1, -0.05) is 6.07 Å². The largest absolute Gasteiger partial charge is 0.357 e. The number of halogens is 1. The van der Waals surface area contributed by atoms with Crippen LogP contribution in [0, 0.1) is 5.92 Å². The van der Waals surface area contributed by atoms with E-state index in [4.69, 9.17) is 4.99 Å². The van der Waals surface area contributed by atoms with Gasteiger partial charge in [0.1, 0.15) is 0 Å². The molecule has 1 aromatic heterocycles. The number of nitrogens with one attached hydrogen (secondary N) is 2. The maximum atomic E-state index is 11.7. The Morgan fingerprint density at radius 1 is 1.16 bits per heavy atom. The van der Waals surface area contributed by atoms with Gasteiger partial charge in [-0.25, -0.2) is 12.7 Å². The van der Waals surface area contributed by atoms with Gasteiger partial charge in [-0.15, -0.1) is 24.0 Å². The van der Waals surface area contributed by atoms with Crippen LogP contribution in [-0.4, -0.2) is 80.1 Å². The van der Waals surface area contributed by atoms with E-state index < -0.39 is 10.0 Å². The Labute approximate surface area is 204 Å². The van der Waals surface area contributed by atoms with Gasteiger partial charge in [0.15, 0.2) is 5.96 Å². The van der Waals surface area contributed by atoms with Crippen molar-refractivity contribution in [2.24, 2.45) is 10.9 Å². The van der Waals surface area contributed by atoms with E-state index in [1.807, 2.05) is 18.3 Å². The lowest BCUT2D eigenvalue weighted by molar-refractivity contribution is 0.196. The number of likely N-dealkylation sites (tertiary alicyclic amines) is 1. The number of hydrogen-bond acceptors (Lipinski definition) is 5. The van der Waals surface area contributed by atoms with Crippen LogP contribution in [0.4, 0.5) is 0 Å². The lowest BCUT2D eigenvalue weighted by atomic mass is 9.98. The minimum atomic E-state index is -3.07. The van der Waals surface area contributed by atoms with Crippen molar-refractivity contribution in [1.29, 1.82) is 0 Å². The highest BCUT2D eigenvalue weighted by Gasteiger charge is 2.25. The monoisotopic (exact) mass is 564 g/mol. The van der Waals surface area contributed by atoms with E-state index in [-0.39, 0.29) is 24.0 Å². The molecule has 0 aromatic carbocycles. The Hall–Kier alpha value is -0.980. The quantitative estimate of drug-likeness (QED) is 0.299. The van der Waals surface area contributed by atoms with E-state index in [1.54, 1.807) is 4.31 Å². The third-order valence-electron chi connectivity index (χ3n) is 5.93. The topological polar surface area (TPSA) is 89.9 Å². The van der Waals surface area contributed by atoms with Gasteiger partial charge in [-0.2, -0.15) is 0 Å². The number of aromatic nitrogens is 1. The number of pyridine rings is 1. The van der Waals surface area contributed by atoms with E-state index in [9.17, 15) is 8.42 Å². The molecule has 0 amide bonds. The van der Waals surface area contributed by atoms with Crippen LogP contribution in [0.1, 0.15) is 38.3 Å². The highest BCUT2D eigenvalue weighted by atomic mass is 127. The van der Waals surface area contributed by atoms with Crippen LogP contribution >= 0.6 is 24.0 Å². The number of piperidine rings is 2. The minimum Gasteiger partial charge on any atom is -0.357 e. The average Bonchev–Trinajstić information content (AvgIpc) is 2.74. The summed E-state index contributed by atoms with van der Waals surface area (Å²) in [4.78, 5) is 11.7. The van der Waals surface area contributed by atoms with Crippen LogP contribution in [0.2, 0.25) is 0 Å². The van der Waals surface area contributed by atoms with Crippen molar-refractivity contribution < 1.29 is 8.42 Å². The zero-order valence-electron chi connectivity index (χ0n) is 18.7. The van der Waals surface area contributed by atoms with E-state index >= 15 is 0 Å². The summed E-state index contributed by atoms with van der Waals surface area (Å²) in [6.07, 6.45) is 7.08. The fourth-order valence-electron chi connectivity index (χ4n) is 4.11. The molecule has 2 aliphatic heterocycles. The van der Waals surface area contributed by atoms with Crippen LogP contribution in [0.25, 0.3) is 0 Å².